The summed E-state index contributed by atoms with van der Waals surface area (Å²) in [5.74, 6) is 0.936. The first kappa shape index (κ1) is 24.7. The smallest absolute Gasteiger partial charge is 0.271 e. The molecule has 1 aliphatic heterocycles. The number of halogens is 1. The molecule has 1 aliphatic rings. The molecule has 5 nitrogen and oxygen atoms in total. The molecular formula is C30H23ClN2O3S. The second kappa shape index (κ2) is 11.4. The van der Waals surface area contributed by atoms with Gasteiger partial charge in [0.1, 0.15) is 6.61 Å². The molecule has 5 rings (SSSR count). The number of benzene rings is 4. The van der Waals surface area contributed by atoms with E-state index in [0.29, 0.717) is 26.6 Å². The van der Waals surface area contributed by atoms with Crippen LogP contribution in [-0.4, -0.2) is 18.2 Å². The van der Waals surface area contributed by atoms with Crippen LogP contribution in [0.25, 0.3) is 6.08 Å². The van der Waals surface area contributed by atoms with Gasteiger partial charge in [0, 0.05) is 16.1 Å². The summed E-state index contributed by atoms with van der Waals surface area (Å²) < 4.78 is 11.8. The molecule has 0 N–H and O–H groups in total. The number of thioether (sulfide) groups is 1. The van der Waals surface area contributed by atoms with Crippen LogP contribution in [0.15, 0.2) is 113 Å². The maximum absolute atomic E-state index is 13.7. The number of carbonyl (C=O) groups excluding carboxylic acids is 1. The minimum atomic E-state index is -0.161. The number of ether oxygens (including phenoxy) is 2. The molecule has 1 heterocycles. The minimum Gasteiger partial charge on any atom is -0.493 e. The number of carbonyl (C=O) groups is 1. The number of amidine groups is 1. The predicted molar refractivity (Wildman–Crippen MR) is 152 cm³/mol. The first-order valence-corrected chi connectivity index (χ1v) is 12.8. The fraction of sp³-hybridized carbons (Fsp3) is 0.0667. The van der Waals surface area contributed by atoms with E-state index >= 15 is 0 Å². The summed E-state index contributed by atoms with van der Waals surface area (Å²) in [4.78, 5) is 20.6. The van der Waals surface area contributed by atoms with E-state index in [1.54, 1.807) is 12.0 Å². The summed E-state index contributed by atoms with van der Waals surface area (Å²) >= 11 is 7.65. The van der Waals surface area contributed by atoms with E-state index in [0.717, 1.165) is 22.5 Å². The second-order valence-corrected chi connectivity index (χ2v) is 9.49. The molecule has 0 saturated carbocycles. The van der Waals surface area contributed by atoms with Crippen molar-refractivity contribution in [1.29, 1.82) is 0 Å². The van der Waals surface area contributed by atoms with Crippen molar-refractivity contribution in [3.05, 3.63) is 124 Å². The number of hydrogen-bond acceptors (Lipinski definition) is 5. The highest BCUT2D eigenvalue weighted by atomic mass is 35.5. The van der Waals surface area contributed by atoms with Crippen LogP contribution >= 0.6 is 23.4 Å². The Labute approximate surface area is 225 Å². The van der Waals surface area contributed by atoms with Crippen LogP contribution < -0.4 is 14.4 Å². The molecule has 0 radical (unpaired) electrons. The van der Waals surface area contributed by atoms with Gasteiger partial charge in [0.05, 0.1) is 23.4 Å². The monoisotopic (exact) mass is 526 g/mol. The molecule has 0 aromatic heterocycles. The Morgan fingerprint density at radius 2 is 1.59 bits per heavy atom. The average Bonchev–Trinajstić information content (AvgIpc) is 3.23. The zero-order valence-electron chi connectivity index (χ0n) is 20.0. The Balaban J connectivity index is 1.53. The molecule has 0 bridgehead atoms. The molecule has 1 saturated heterocycles. The van der Waals surface area contributed by atoms with Crippen molar-refractivity contribution < 1.29 is 14.3 Å². The zero-order chi connectivity index (χ0) is 25.6. The van der Waals surface area contributed by atoms with Crippen molar-refractivity contribution in [3.63, 3.8) is 0 Å². The van der Waals surface area contributed by atoms with E-state index in [9.17, 15) is 4.79 Å². The fourth-order valence-electron chi connectivity index (χ4n) is 3.83. The van der Waals surface area contributed by atoms with Crippen molar-refractivity contribution in [1.82, 2.24) is 0 Å². The zero-order valence-corrected chi connectivity index (χ0v) is 21.6. The summed E-state index contributed by atoms with van der Waals surface area (Å²) in [6.45, 7) is 0.258. The lowest BCUT2D eigenvalue weighted by molar-refractivity contribution is -0.113. The van der Waals surface area contributed by atoms with E-state index in [1.807, 2.05) is 109 Å². The van der Waals surface area contributed by atoms with E-state index in [2.05, 4.69) is 0 Å². The third kappa shape index (κ3) is 5.56. The van der Waals surface area contributed by atoms with Crippen molar-refractivity contribution in [2.24, 2.45) is 4.99 Å². The van der Waals surface area contributed by atoms with Gasteiger partial charge in [-0.25, -0.2) is 4.99 Å². The first-order valence-electron chi connectivity index (χ1n) is 11.6. The van der Waals surface area contributed by atoms with Gasteiger partial charge in [-0.1, -0.05) is 78.3 Å². The molecule has 0 aliphatic carbocycles. The van der Waals surface area contributed by atoms with Crippen molar-refractivity contribution >= 4 is 51.9 Å². The number of hydrogen-bond donors (Lipinski definition) is 0. The lowest BCUT2D eigenvalue weighted by Gasteiger charge is -2.15. The van der Waals surface area contributed by atoms with E-state index in [4.69, 9.17) is 26.1 Å². The van der Waals surface area contributed by atoms with Crippen LogP contribution in [0.3, 0.4) is 0 Å². The maximum Gasteiger partial charge on any atom is 0.271 e. The number of anilines is 1. The fourth-order valence-corrected chi connectivity index (χ4v) is 5.02. The van der Waals surface area contributed by atoms with Crippen LogP contribution in [0, 0.1) is 0 Å². The van der Waals surface area contributed by atoms with Crippen molar-refractivity contribution in [3.8, 4) is 11.5 Å². The van der Waals surface area contributed by atoms with Crippen molar-refractivity contribution in [2.75, 3.05) is 12.0 Å². The average molecular weight is 527 g/mol. The third-order valence-corrected chi connectivity index (χ3v) is 6.99. The molecule has 4 aromatic rings. The van der Waals surface area contributed by atoms with Crippen LogP contribution in [0.5, 0.6) is 11.5 Å². The summed E-state index contributed by atoms with van der Waals surface area (Å²) in [6, 6.07) is 32.2. The van der Waals surface area contributed by atoms with Crippen molar-refractivity contribution in [2.45, 2.75) is 6.61 Å². The minimum absolute atomic E-state index is 0.161. The largest absolute Gasteiger partial charge is 0.493 e. The normalized spacial score (nSPS) is 15.4. The molecule has 37 heavy (non-hydrogen) atoms. The predicted octanol–water partition coefficient (Wildman–Crippen LogP) is 7.74. The molecular weight excluding hydrogens is 504 g/mol. The molecule has 0 unspecified atom stereocenters. The van der Waals surface area contributed by atoms with Crippen LogP contribution in [0.1, 0.15) is 11.1 Å². The molecule has 7 heteroatoms. The van der Waals surface area contributed by atoms with Gasteiger partial charge in [-0.05, 0) is 54.2 Å². The highest BCUT2D eigenvalue weighted by Gasteiger charge is 2.35. The first-order chi connectivity index (χ1) is 18.1. The maximum atomic E-state index is 13.7. The molecule has 0 atom stereocenters. The van der Waals surface area contributed by atoms with Gasteiger partial charge in [-0.3, -0.25) is 9.69 Å². The number of nitrogens with zero attached hydrogens (tertiary/aromatic N) is 2. The van der Waals surface area contributed by atoms with E-state index in [-0.39, 0.29) is 12.5 Å². The molecule has 1 fully saturated rings. The molecule has 4 aromatic carbocycles. The molecule has 0 spiro atoms. The van der Waals surface area contributed by atoms with Gasteiger partial charge in [0.25, 0.3) is 5.91 Å². The van der Waals surface area contributed by atoms with Crippen LogP contribution in [0.2, 0.25) is 5.02 Å². The van der Waals surface area contributed by atoms with E-state index in [1.165, 1.54) is 11.8 Å². The third-order valence-electron chi connectivity index (χ3n) is 5.65. The summed E-state index contributed by atoms with van der Waals surface area (Å²) in [7, 11) is 1.59. The summed E-state index contributed by atoms with van der Waals surface area (Å²) in [5.41, 5.74) is 3.09. The van der Waals surface area contributed by atoms with Gasteiger partial charge < -0.3 is 9.47 Å². The molecule has 184 valence electrons. The lowest BCUT2D eigenvalue weighted by Crippen LogP contribution is -2.28. The Kier molecular flexibility index (Phi) is 7.59. The van der Waals surface area contributed by atoms with E-state index < -0.39 is 0 Å². The highest BCUT2D eigenvalue weighted by Crippen LogP contribution is 2.40. The number of para-hydroxylation sites is 3. The second-order valence-electron chi connectivity index (χ2n) is 8.08. The highest BCUT2D eigenvalue weighted by molar-refractivity contribution is 8.19. The van der Waals surface area contributed by atoms with Gasteiger partial charge in [0.15, 0.2) is 16.7 Å². The van der Waals surface area contributed by atoms with Gasteiger partial charge in [-0.15, -0.1) is 0 Å². The Morgan fingerprint density at radius 3 is 2.32 bits per heavy atom. The SMILES string of the molecule is COc1cccc(C=C2SC(=Nc3ccccc3)N(c3ccccc3)C2=O)c1OCc1ccccc1Cl. The quantitative estimate of drug-likeness (QED) is 0.231. The summed E-state index contributed by atoms with van der Waals surface area (Å²) in [6.07, 6.45) is 1.82. The number of rotatable bonds is 7. The number of methoxy groups -OCH3 is 1. The van der Waals surface area contributed by atoms with Crippen LogP contribution in [-0.2, 0) is 11.4 Å². The number of amides is 1. The van der Waals surface area contributed by atoms with Gasteiger partial charge in [-0.2, -0.15) is 0 Å². The Bertz CT molecular complexity index is 1470. The van der Waals surface area contributed by atoms with Gasteiger partial charge >= 0.3 is 0 Å². The van der Waals surface area contributed by atoms with Crippen LogP contribution in [0.4, 0.5) is 11.4 Å². The Morgan fingerprint density at radius 1 is 0.892 bits per heavy atom. The topological polar surface area (TPSA) is 51.1 Å². The molecule has 1 amide bonds. The lowest BCUT2D eigenvalue weighted by atomic mass is 10.1. The summed E-state index contributed by atoms with van der Waals surface area (Å²) in [5, 5.41) is 1.20. The Hall–Kier alpha value is -4.00. The number of aliphatic imine (C=N–C) groups is 1. The van der Waals surface area contributed by atoms with Gasteiger partial charge in [0.2, 0.25) is 0 Å². The standard InChI is InChI=1S/C30H23ClN2O3S/c1-35-26-18-10-12-21(28(26)36-20-22-11-8-9-17-25(22)31)19-27-29(34)33(24-15-6-3-7-16-24)30(37-27)32-23-13-4-2-5-14-23/h2-19H,20H2,1H3.